The van der Waals surface area contributed by atoms with E-state index in [0.29, 0.717) is 45.7 Å². The number of aromatic nitrogens is 5. The third-order valence-corrected chi connectivity index (χ3v) is 6.12. The quantitative estimate of drug-likeness (QED) is 0.343. The molecule has 4 aromatic rings. The van der Waals surface area contributed by atoms with Gasteiger partial charge in [0.25, 0.3) is 5.91 Å². The van der Waals surface area contributed by atoms with Gasteiger partial charge in [-0.05, 0) is 23.8 Å². The summed E-state index contributed by atoms with van der Waals surface area (Å²) in [5.74, 6) is 1.06. The number of imidazole rings is 1. The molecule has 0 saturated carbocycles. The van der Waals surface area contributed by atoms with E-state index >= 15 is 0 Å². The highest BCUT2D eigenvalue weighted by atomic mass is 35.5. The Hall–Kier alpha value is -3.80. The summed E-state index contributed by atoms with van der Waals surface area (Å²) in [5, 5.41) is 16.9. The van der Waals surface area contributed by atoms with Gasteiger partial charge in [-0.15, -0.1) is 0 Å². The number of carbonyl (C=O) groups is 1. The molecule has 0 radical (unpaired) electrons. The van der Waals surface area contributed by atoms with Gasteiger partial charge in [-0.2, -0.15) is 0 Å². The van der Waals surface area contributed by atoms with Crippen molar-refractivity contribution in [2.24, 2.45) is 0 Å². The van der Waals surface area contributed by atoms with Crippen LogP contribution in [-0.4, -0.2) is 61.9 Å². The van der Waals surface area contributed by atoms with Gasteiger partial charge >= 0.3 is 0 Å². The Morgan fingerprint density at radius 1 is 1.31 bits per heavy atom. The van der Waals surface area contributed by atoms with Gasteiger partial charge in [-0.3, -0.25) is 14.3 Å². The van der Waals surface area contributed by atoms with Crippen molar-refractivity contribution in [1.82, 2.24) is 29.8 Å². The van der Waals surface area contributed by atoms with Gasteiger partial charge < -0.3 is 25.2 Å². The molecule has 1 fully saturated rings. The number of likely N-dealkylation sites (N-methyl/N-ethyl adjacent to an activating group) is 1. The second-order valence-corrected chi connectivity index (χ2v) is 8.68. The molecule has 36 heavy (non-hydrogen) atoms. The number of aliphatic hydroxyl groups excluding tert-OH is 1. The minimum absolute atomic E-state index is 0.203. The molecular formula is C24H24ClN7O4. The first-order valence-corrected chi connectivity index (χ1v) is 11.6. The molecule has 5 rings (SSSR count). The van der Waals surface area contributed by atoms with E-state index < -0.39 is 24.3 Å². The number of anilines is 1. The average Bonchev–Trinajstić information content (AvgIpc) is 3.50. The Morgan fingerprint density at radius 2 is 2.17 bits per heavy atom. The monoisotopic (exact) mass is 509 g/mol. The fraction of sp³-hybridized carbons (Fsp3) is 0.292. The van der Waals surface area contributed by atoms with E-state index in [1.165, 1.54) is 7.05 Å². The van der Waals surface area contributed by atoms with E-state index in [2.05, 4.69) is 20.6 Å². The van der Waals surface area contributed by atoms with Crippen molar-refractivity contribution in [3.8, 4) is 17.1 Å². The van der Waals surface area contributed by atoms with Gasteiger partial charge in [-0.25, -0.2) is 15.0 Å². The van der Waals surface area contributed by atoms with Crippen molar-refractivity contribution in [2.75, 3.05) is 19.5 Å². The van der Waals surface area contributed by atoms with Gasteiger partial charge in [0.15, 0.2) is 28.9 Å². The topological polar surface area (TPSA) is 136 Å². The van der Waals surface area contributed by atoms with Crippen LogP contribution in [-0.2, 0) is 16.1 Å². The Bertz CT molecular complexity index is 1410. The van der Waals surface area contributed by atoms with E-state index in [4.69, 9.17) is 31.0 Å². The number of aliphatic hydroxyl groups is 1. The number of nitrogens with zero attached hydrogens (tertiary/aromatic N) is 5. The lowest BCUT2D eigenvalue weighted by molar-refractivity contribution is -0.137. The first kappa shape index (κ1) is 23.9. The number of rotatable bonds is 7. The Morgan fingerprint density at radius 3 is 2.94 bits per heavy atom. The largest absolute Gasteiger partial charge is 0.495 e. The second kappa shape index (κ2) is 10.1. The third-order valence-electron chi connectivity index (χ3n) is 5.89. The number of nitrogens with one attached hydrogen (secondary N) is 2. The van der Waals surface area contributed by atoms with Crippen molar-refractivity contribution in [3.05, 3.63) is 59.6 Å². The van der Waals surface area contributed by atoms with Crippen LogP contribution in [0.1, 0.15) is 18.2 Å². The lowest BCUT2D eigenvalue weighted by Crippen LogP contribution is -2.38. The molecule has 0 bridgehead atoms. The summed E-state index contributed by atoms with van der Waals surface area (Å²) in [6, 6.07) is 9.29. The lowest BCUT2D eigenvalue weighted by atomic mass is 10.1. The van der Waals surface area contributed by atoms with Crippen molar-refractivity contribution in [2.45, 2.75) is 31.4 Å². The lowest BCUT2D eigenvalue weighted by Gasteiger charge is -2.15. The van der Waals surface area contributed by atoms with Gasteiger partial charge in [0.2, 0.25) is 0 Å². The van der Waals surface area contributed by atoms with Gasteiger partial charge in [0.1, 0.15) is 12.0 Å². The van der Waals surface area contributed by atoms with Crippen LogP contribution in [0.5, 0.6) is 5.75 Å². The summed E-state index contributed by atoms with van der Waals surface area (Å²) in [7, 11) is 3.06. The van der Waals surface area contributed by atoms with Crippen molar-refractivity contribution in [1.29, 1.82) is 0 Å². The number of pyridine rings is 1. The maximum atomic E-state index is 12.1. The zero-order valence-corrected chi connectivity index (χ0v) is 20.3. The van der Waals surface area contributed by atoms with Crippen molar-refractivity contribution in [3.63, 3.8) is 0 Å². The number of hydrogen-bond acceptors (Lipinski definition) is 9. The van der Waals surface area contributed by atoms with Gasteiger partial charge in [0, 0.05) is 36.8 Å². The van der Waals surface area contributed by atoms with Crippen molar-refractivity contribution >= 4 is 34.5 Å². The number of carbonyl (C=O) groups excluding carboxylic acids is 1. The molecule has 0 aliphatic carbocycles. The number of hydrogen-bond donors (Lipinski definition) is 3. The number of fused-ring (bicyclic) bond motifs is 1. The van der Waals surface area contributed by atoms with Crippen LogP contribution in [0.15, 0.2) is 49.1 Å². The van der Waals surface area contributed by atoms with Crippen molar-refractivity contribution < 1.29 is 19.4 Å². The summed E-state index contributed by atoms with van der Waals surface area (Å²) in [5.41, 5.74) is 2.60. The highest BCUT2D eigenvalue weighted by Gasteiger charge is 2.40. The second-order valence-electron chi connectivity index (χ2n) is 8.25. The number of benzene rings is 1. The third kappa shape index (κ3) is 4.68. The molecule has 4 heterocycles. The van der Waals surface area contributed by atoms with Crippen LogP contribution in [0.3, 0.4) is 0 Å². The Balaban J connectivity index is 1.56. The minimum atomic E-state index is -0.984. The molecule has 3 aromatic heterocycles. The van der Waals surface area contributed by atoms with Crippen LogP contribution in [0.2, 0.25) is 5.02 Å². The van der Waals surface area contributed by atoms with Gasteiger partial charge in [0.05, 0.1) is 25.7 Å². The van der Waals surface area contributed by atoms with Crippen LogP contribution in [0, 0.1) is 0 Å². The Kier molecular flexibility index (Phi) is 6.68. The fourth-order valence-corrected chi connectivity index (χ4v) is 4.28. The summed E-state index contributed by atoms with van der Waals surface area (Å²) in [6.07, 6.45) is 2.42. The number of halogens is 1. The molecule has 0 unspecified atom stereocenters. The van der Waals surface area contributed by atoms with Crippen LogP contribution in [0.4, 0.5) is 5.82 Å². The van der Waals surface area contributed by atoms with E-state index in [9.17, 15) is 9.90 Å². The molecule has 11 nitrogen and oxygen atoms in total. The summed E-state index contributed by atoms with van der Waals surface area (Å²) in [4.78, 5) is 30.3. The van der Waals surface area contributed by atoms with Crippen LogP contribution < -0.4 is 15.4 Å². The molecular weight excluding hydrogens is 486 g/mol. The molecule has 3 atom stereocenters. The normalized spacial score (nSPS) is 19.4. The molecule has 1 saturated heterocycles. The molecule has 1 aliphatic heterocycles. The first-order valence-electron chi connectivity index (χ1n) is 11.2. The summed E-state index contributed by atoms with van der Waals surface area (Å²) in [6.45, 7) is 0.451. The van der Waals surface area contributed by atoms with Crippen LogP contribution in [0.25, 0.3) is 22.6 Å². The predicted molar refractivity (Wildman–Crippen MR) is 132 cm³/mol. The van der Waals surface area contributed by atoms with E-state index in [0.717, 1.165) is 5.56 Å². The maximum Gasteiger partial charge on any atom is 0.251 e. The molecule has 0 spiro atoms. The number of methoxy groups -OCH3 is 1. The predicted octanol–water partition coefficient (Wildman–Crippen LogP) is 2.56. The molecule has 12 heteroatoms. The van der Waals surface area contributed by atoms with Gasteiger partial charge in [-0.1, -0.05) is 23.7 Å². The average molecular weight is 510 g/mol. The number of ether oxygens (including phenoxy) is 2. The maximum absolute atomic E-state index is 12.1. The zero-order chi connectivity index (χ0) is 25.2. The SMILES string of the molecule is CNC(=O)[C@H]1O[C@@H](n2cnc3c(NCc4cccc(Cl)c4)nc(-c4cncc(OC)c4)nc32)C[C@@H]1O. The Labute approximate surface area is 211 Å². The molecule has 186 valence electrons. The smallest absolute Gasteiger partial charge is 0.251 e. The summed E-state index contributed by atoms with van der Waals surface area (Å²) >= 11 is 6.14. The van der Waals surface area contributed by atoms with E-state index in [1.807, 2.05) is 24.3 Å². The first-order chi connectivity index (χ1) is 17.5. The van der Waals surface area contributed by atoms with Crippen LogP contribution >= 0.6 is 11.6 Å². The summed E-state index contributed by atoms with van der Waals surface area (Å²) < 4.78 is 12.9. The number of amides is 1. The highest BCUT2D eigenvalue weighted by Crippen LogP contribution is 2.33. The minimum Gasteiger partial charge on any atom is -0.495 e. The van der Waals surface area contributed by atoms with E-state index in [-0.39, 0.29) is 6.42 Å². The highest BCUT2D eigenvalue weighted by molar-refractivity contribution is 6.30. The fourth-order valence-electron chi connectivity index (χ4n) is 4.07. The zero-order valence-electron chi connectivity index (χ0n) is 19.6. The molecule has 1 aromatic carbocycles. The van der Waals surface area contributed by atoms with E-state index in [1.54, 1.807) is 36.5 Å². The molecule has 1 aliphatic rings. The molecule has 3 N–H and O–H groups in total. The standard InChI is InChI=1S/C24H24ClN7O4/c1-26-24(34)20-17(33)8-18(36-20)32-12-29-19-22(28-9-13-4-3-5-15(25)6-13)30-21(31-23(19)32)14-7-16(35-2)11-27-10-14/h3-7,10-12,17-18,20,33H,8-9H2,1-2H3,(H,26,34)(H,28,30,31)/t17-,18+,20-/m0/s1. The molecule has 1 amide bonds.